The van der Waals surface area contributed by atoms with Gasteiger partial charge in [-0.25, -0.2) is 9.78 Å². The van der Waals surface area contributed by atoms with Crippen molar-refractivity contribution in [1.82, 2.24) is 4.98 Å². The lowest BCUT2D eigenvalue weighted by Crippen LogP contribution is -2.11. The van der Waals surface area contributed by atoms with Crippen LogP contribution < -0.4 is 4.90 Å². The molecule has 0 spiro atoms. The van der Waals surface area contributed by atoms with Crippen molar-refractivity contribution in [2.45, 2.75) is 27.7 Å². The van der Waals surface area contributed by atoms with E-state index in [0.717, 1.165) is 15.7 Å². The van der Waals surface area contributed by atoms with Crippen molar-refractivity contribution < 1.29 is 9.53 Å². The Kier molecular flexibility index (Phi) is 4.63. The standard InChI is InChI=1S/C16H20N2O2S/c1-6-20-15(19)14-12(4)21-16(17-14)18(5)13-8-10(2)7-11(3)9-13/h7-9H,6H2,1-5H3. The van der Waals surface area contributed by atoms with Crippen LogP contribution in [0.2, 0.25) is 0 Å². The maximum absolute atomic E-state index is 11.8. The molecule has 1 heterocycles. The average molecular weight is 304 g/mol. The SMILES string of the molecule is CCOC(=O)c1nc(N(C)c2cc(C)cc(C)c2)sc1C. The number of anilines is 2. The number of hydrogen-bond acceptors (Lipinski definition) is 5. The average Bonchev–Trinajstić information content (AvgIpc) is 2.79. The molecule has 0 unspecified atom stereocenters. The molecule has 5 heteroatoms. The summed E-state index contributed by atoms with van der Waals surface area (Å²) in [5.41, 5.74) is 3.89. The molecule has 2 aromatic rings. The summed E-state index contributed by atoms with van der Waals surface area (Å²) in [5, 5.41) is 0.792. The topological polar surface area (TPSA) is 42.4 Å². The van der Waals surface area contributed by atoms with Gasteiger partial charge in [0.25, 0.3) is 0 Å². The number of nitrogens with zero attached hydrogens (tertiary/aromatic N) is 2. The van der Waals surface area contributed by atoms with Gasteiger partial charge in [0.15, 0.2) is 10.8 Å². The van der Waals surface area contributed by atoms with E-state index >= 15 is 0 Å². The Balaban J connectivity index is 2.33. The van der Waals surface area contributed by atoms with Crippen molar-refractivity contribution in [2.75, 3.05) is 18.6 Å². The second kappa shape index (κ2) is 6.26. The lowest BCUT2D eigenvalue weighted by Gasteiger charge is -2.17. The fourth-order valence-electron chi connectivity index (χ4n) is 2.17. The van der Waals surface area contributed by atoms with Crippen LogP contribution in [0.4, 0.5) is 10.8 Å². The van der Waals surface area contributed by atoms with Gasteiger partial charge in [0, 0.05) is 17.6 Å². The van der Waals surface area contributed by atoms with Gasteiger partial charge in [0.1, 0.15) is 0 Å². The maximum Gasteiger partial charge on any atom is 0.358 e. The summed E-state index contributed by atoms with van der Waals surface area (Å²) in [6.45, 7) is 8.19. The van der Waals surface area contributed by atoms with Crippen molar-refractivity contribution in [2.24, 2.45) is 0 Å². The van der Waals surface area contributed by atoms with E-state index in [9.17, 15) is 4.79 Å². The van der Waals surface area contributed by atoms with Gasteiger partial charge in [-0.15, -0.1) is 11.3 Å². The Morgan fingerprint density at radius 1 is 1.24 bits per heavy atom. The second-order valence-corrected chi connectivity index (χ2v) is 6.21. The fourth-order valence-corrected chi connectivity index (χ4v) is 3.05. The molecular weight excluding hydrogens is 284 g/mol. The van der Waals surface area contributed by atoms with Gasteiger partial charge < -0.3 is 9.64 Å². The van der Waals surface area contributed by atoms with Crippen LogP contribution in [-0.2, 0) is 4.74 Å². The molecule has 0 aliphatic carbocycles. The largest absolute Gasteiger partial charge is 0.461 e. The first-order chi connectivity index (χ1) is 9.92. The number of ether oxygens (including phenoxy) is 1. The number of aromatic nitrogens is 1. The molecule has 0 bridgehead atoms. The number of carbonyl (C=O) groups excluding carboxylic acids is 1. The van der Waals surface area contributed by atoms with E-state index in [1.165, 1.54) is 22.5 Å². The van der Waals surface area contributed by atoms with Gasteiger partial charge in [0.2, 0.25) is 0 Å². The summed E-state index contributed by atoms with van der Waals surface area (Å²) >= 11 is 1.50. The quantitative estimate of drug-likeness (QED) is 0.800. The van der Waals surface area contributed by atoms with Gasteiger partial charge in [0.05, 0.1) is 6.61 Å². The molecule has 4 nitrogen and oxygen atoms in total. The zero-order valence-electron chi connectivity index (χ0n) is 13.1. The van der Waals surface area contributed by atoms with E-state index in [4.69, 9.17) is 4.74 Å². The maximum atomic E-state index is 11.8. The van der Waals surface area contributed by atoms with Gasteiger partial charge in [-0.1, -0.05) is 6.07 Å². The number of aryl methyl sites for hydroxylation is 3. The molecule has 21 heavy (non-hydrogen) atoms. The monoisotopic (exact) mass is 304 g/mol. The van der Waals surface area contributed by atoms with Crippen LogP contribution in [0.3, 0.4) is 0 Å². The molecule has 0 atom stereocenters. The minimum atomic E-state index is -0.355. The number of carbonyl (C=O) groups is 1. The number of thiazole rings is 1. The number of benzene rings is 1. The van der Waals surface area contributed by atoms with Crippen LogP contribution in [-0.4, -0.2) is 24.6 Å². The second-order valence-electron chi connectivity index (χ2n) is 5.03. The van der Waals surface area contributed by atoms with E-state index in [1.807, 2.05) is 18.9 Å². The number of esters is 1. The summed E-state index contributed by atoms with van der Waals surface area (Å²) in [4.78, 5) is 19.2. The summed E-state index contributed by atoms with van der Waals surface area (Å²) in [5.74, 6) is -0.355. The van der Waals surface area contributed by atoms with Crippen LogP contribution in [0.25, 0.3) is 0 Å². The lowest BCUT2D eigenvalue weighted by atomic mass is 10.1. The Morgan fingerprint density at radius 3 is 2.43 bits per heavy atom. The van der Waals surface area contributed by atoms with Crippen molar-refractivity contribution in [1.29, 1.82) is 0 Å². The highest BCUT2D eigenvalue weighted by Gasteiger charge is 2.19. The molecule has 1 aromatic heterocycles. The van der Waals surface area contributed by atoms with Gasteiger partial charge in [-0.2, -0.15) is 0 Å². The zero-order chi connectivity index (χ0) is 15.6. The minimum absolute atomic E-state index is 0.355. The van der Waals surface area contributed by atoms with Crippen LogP contribution in [0, 0.1) is 20.8 Å². The molecule has 2 rings (SSSR count). The Bertz CT molecular complexity index is 644. The molecule has 0 saturated carbocycles. The zero-order valence-corrected chi connectivity index (χ0v) is 13.9. The summed E-state index contributed by atoms with van der Waals surface area (Å²) in [7, 11) is 1.96. The molecule has 112 valence electrons. The normalized spacial score (nSPS) is 10.5. The first kappa shape index (κ1) is 15.5. The van der Waals surface area contributed by atoms with Gasteiger partial charge >= 0.3 is 5.97 Å². The summed E-state index contributed by atoms with van der Waals surface area (Å²) in [6.07, 6.45) is 0. The molecular formula is C16H20N2O2S. The molecule has 0 aliphatic rings. The van der Waals surface area contributed by atoms with Crippen molar-refractivity contribution in [3.05, 3.63) is 39.9 Å². The van der Waals surface area contributed by atoms with Crippen LogP contribution in [0.1, 0.15) is 33.4 Å². The predicted molar refractivity (Wildman–Crippen MR) is 86.8 cm³/mol. The van der Waals surface area contributed by atoms with Crippen LogP contribution >= 0.6 is 11.3 Å². The fraction of sp³-hybridized carbons (Fsp3) is 0.375. The van der Waals surface area contributed by atoms with Crippen molar-refractivity contribution >= 4 is 28.1 Å². The van der Waals surface area contributed by atoms with Crippen LogP contribution in [0.5, 0.6) is 0 Å². The highest BCUT2D eigenvalue weighted by atomic mass is 32.1. The minimum Gasteiger partial charge on any atom is -0.461 e. The van der Waals surface area contributed by atoms with Crippen molar-refractivity contribution in [3.63, 3.8) is 0 Å². The Hall–Kier alpha value is -1.88. The molecule has 1 aromatic carbocycles. The summed E-state index contributed by atoms with van der Waals surface area (Å²) in [6, 6.07) is 6.34. The number of rotatable bonds is 4. The van der Waals surface area contributed by atoms with Gasteiger partial charge in [-0.3, -0.25) is 0 Å². The molecule has 0 aliphatic heterocycles. The summed E-state index contributed by atoms with van der Waals surface area (Å²) < 4.78 is 5.03. The van der Waals surface area contributed by atoms with Crippen molar-refractivity contribution in [3.8, 4) is 0 Å². The Morgan fingerprint density at radius 2 is 1.86 bits per heavy atom. The molecule has 0 fully saturated rings. The van der Waals surface area contributed by atoms with Gasteiger partial charge in [-0.05, 0) is 51.0 Å². The highest BCUT2D eigenvalue weighted by molar-refractivity contribution is 7.15. The van der Waals surface area contributed by atoms with E-state index in [0.29, 0.717) is 12.3 Å². The first-order valence-electron chi connectivity index (χ1n) is 6.89. The predicted octanol–water partition coefficient (Wildman–Crippen LogP) is 4.01. The Labute approximate surface area is 129 Å². The molecule has 0 N–H and O–H groups in total. The third-order valence-corrected chi connectivity index (χ3v) is 4.18. The van der Waals surface area contributed by atoms with E-state index in [2.05, 4.69) is 37.0 Å². The molecule has 0 radical (unpaired) electrons. The smallest absolute Gasteiger partial charge is 0.358 e. The van der Waals surface area contributed by atoms with E-state index in [1.54, 1.807) is 6.92 Å². The highest BCUT2D eigenvalue weighted by Crippen LogP contribution is 2.31. The van der Waals surface area contributed by atoms with E-state index in [-0.39, 0.29) is 5.97 Å². The third kappa shape index (κ3) is 3.42. The van der Waals surface area contributed by atoms with E-state index < -0.39 is 0 Å². The third-order valence-electron chi connectivity index (χ3n) is 3.13. The lowest BCUT2D eigenvalue weighted by molar-refractivity contribution is 0.0519. The number of hydrogen-bond donors (Lipinski definition) is 0. The molecule has 0 amide bonds. The van der Waals surface area contributed by atoms with Crippen LogP contribution in [0.15, 0.2) is 18.2 Å². The first-order valence-corrected chi connectivity index (χ1v) is 7.70. The molecule has 0 saturated heterocycles.